The highest BCUT2D eigenvalue weighted by Crippen LogP contribution is 2.47. The lowest BCUT2D eigenvalue weighted by atomic mass is 9.91. The molecule has 0 saturated carbocycles. The second-order valence-electron chi connectivity index (χ2n) is 13.8. The van der Waals surface area contributed by atoms with Gasteiger partial charge in [0.15, 0.2) is 12.2 Å². The molecule has 0 aliphatic heterocycles. The van der Waals surface area contributed by atoms with Gasteiger partial charge in [-0.05, 0) is 71.7 Å². The normalized spacial score (nSPS) is 19.7. The van der Waals surface area contributed by atoms with Crippen molar-refractivity contribution in [3.05, 3.63) is 92.0 Å². The van der Waals surface area contributed by atoms with E-state index in [4.69, 9.17) is 47.3 Å². The van der Waals surface area contributed by atoms with Gasteiger partial charge in [0.2, 0.25) is 23.5 Å². The van der Waals surface area contributed by atoms with Crippen LogP contribution in [0.5, 0.6) is 23.5 Å². The Labute approximate surface area is 327 Å². The van der Waals surface area contributed by atoms with Crippen LogP contribution >= 0.6 is 23.2 Å². The number of hydrogen-bond donors (Lipinski definition) is 4. The number of carbonyl (C=O) groups is 1. The van der Waals surface area contributed by atoms with Crippen molar-refractivity contribution < 1.29 is 47.8 Å². The maximum Gasteiger partial charge on any atom is 0.306 e. The van der Waals surface area contributed by atoms with Crippen LogP contribution in [0.25, 0.3) is 11.1 Å². The van der Waals surface area contributed by atoms with Gasteiger partial charge in [-0.2, -0.15) is 9.97 Å². The fraction of sp³-hybridized carbons (Fsp3) is 0.425. The van der Waals surface area contributed by atoms with E-state index in [0.717, 1.165) is 27.8 Å². The molecule has 0 amide bonds. The second kappa shape index (κ2) is 17.7. The van der Waals surface area contributed by atoms with Gasteiger partial charge >= 0.3 is 5.97 Å². The minimum absolute atomic E-state index is 0.0156. The summed E-state index contributed by atoms with van der Waals surface area (Å²) in [7, 11) is 2.90. The number of methoxy groups -OCH3 is 2. The number of alkyl halides is 2. The number of aryl methyl sites for hydroxylation is 1. The first kappa shape index (κ1) is 40.4. The number of carboxylic acid groups (broad SMARTS) is 1. The van der Waals surface area contributed by atoms with Crippen molar-refractivity contribution >= 4 is 29.2 Å². The van der Waals surface area contributed by atoms with Crippen molar-refractivity contribution in [2.24, 2.45) is 0 Å². The Morgan fingerprint density at radius 2 is 1.36 bits per heavy atom. The maximum atomic E-state index is 15.9. The second-order valence-corrected chi connectivity index (χ2v) is 14.6. The zero-order valence-electron chi connectivity index (χ0n) is 30.5. The van der Waals surface area contributed by atoms with Crippen molar-refractivity contribution in [3.63, 3.8) is 0 Å². The highest BCUT2D eigenvalue weighted by molar-refractivity contribution is 6.32. The third-order valence-electron chi connectivity index (χ3n) is 9.79. The van der Waals surface area contributed by atoms with Crippen LogP contribution < -0.4 is 24.3 Å². The van der Waals surface area contributed by atoms with E-state index in [1.807, 2.05) is 24.3 Å². The third kappa shape index (κ3) is 9.08. The number of aromatic nitrogens is 2. The molecule has 0 radical (unpaired) electrons. The minimum atomic E-state index is -1.45. The first-order chi connectivity index (χ1) is 26.4. The molecular formula is C40H43Cl2F2N3O8. The van der Waals surface area contributed by atoms with E-state index in [9.17, 15) is 15.0 Å². The fourth-order valence-electron chi connectivity index (χ4n) is 7.26. The largest absolute Gasteiger partial charge is 0.481 e. The van der Waals surface area contributed by atoms with Crippen LogP contribution in [-0.4, -0.2) is 76.6 Å². The van der Waals surface area contributed by atoms with Crippen molar-refractivity contribution in [1.29, 1.82) is 0 Å². The zero-order valence-corrected chi connectivity index (χ0v) is 32.0. The summed E-state index contributed by atoms with van der Waals surface area (Å²) >= 11 is 13.2. The van der Waals surface area contributed by atoms with Gasteiger partial charge in [-0.15, -0.1) is 0 Å². The molecule has 55 heavy (non-hydrogen) atoms. The highest BCUT2D eigenvalue weighted by Gasteiger charge is 2.40. The molecule has 294 valence electrons. The number of hydrogen-bond acceptors (Lipinski definition) is 10. The number of nitrogens with zero attached hydrogens (tertiary/aromatic N) is 2. The van der Waals surface area contributed by atoms with Crippen LogP contribution in [0.4, 0.5) is 8.78 Å². The molecular weight excluding hydrogens is 759 g/mol. The molecule has 6 rings (SSSR count). The molecule has 0 spiro atoms. The topological polar surface area (TPSA) is 152 Å². The van der Waals surface area contributed by atoms with E-state index < -0.39 is 49.1 Å². The molecule has 4 N–H and O–H groups in total. The molecule has 2 aliphatic rings. The van der Waals surface area contributed by atoms with E-state index in [1.54, 1.807) is 31.2 Å². The summed E-state index contributed by atoms with van der Waals surface area (Å²) in [6.07, 6.45) is -4.83. The van der Waals surface area contributed by atoms with E-state index >= 15 is 8.78 Å². The standard InChI is InChI=1S/C40H43Cl2F2N3O8/c1-20(48)7-4-8-21-13-30(41)39(46-37(21)52-2)54-35-26-11-5-9-24(28(26)16-32(35)43)25-10-6-12-27-29(25)17-33(44)36(27)55-40-31(42)14-22(38(47-40)53-3)18-45-19-23(49)15-34(50)51/h5-6,9-14,20,23,32-33,35-36,45,48-49H,4,7-8,15-19H2,1-3H3,(H,50,51)/t20-,23-,32-,33-,35+,36+/m0/s1. The number of nitrogens with one attached hydrogen (secondary N) is 1. The Balaban J connectivity index is 1.22. The summed E-state index contributed by atoms with van der Waals surface area (Å²) in [5.74, 6) is -0.616. The Hall–Kier alpha value is -4.27. The van der Waals surface area contributed by atoms with Crippen molar-refractivity contribution in [2.75, 3.05) is 20.8 Å². The summed E-state index contributed by atoms with van der Waals surface area (Å²) in [4.78, 5) is 19.7. The number of pyridine rings is 2. The van der Waals surface area contributed by atoms with Crippen molar-refractivity contribution in [2.45, 2.75) is 88.8 Å². The average molecular weight is 803 g/mol. The van der Waals surface area contributed by atoms with Gasteiger partial charge in [0, 0.05) is 37.1 Å². The van der Waals surface area contributed by atoms with Crippen molar-refractivity contribution in [1.82, 2.24) is 15.3 Å². The lowest BCUT2D eigenvalue weighted by Crippen LogP contribution is -2.28. The van der Waals surface area contributed by atoms with Crippen molar-refractivity contribution in [3.8, 4) is 34.6 Å². The number of ether oxygens (including phenoxy) is 4. The number of rotatable bonds is 17. The van der Waals surface area contributed by atoms with Crippen LogP contribution in [0.3, 0.4) is 0 Å². The summed E-state index contributed by atoms with van der Waals surface area (Å²) in [6.45, 7) is 1.91. The summed E-state index contributed by atoms with van der Waals surface area (Å²) in [5, 5.41) is 31.6. The predicted octanol–water partition coefficient (Wildman–Crippen LogP) is 7.12. The van der Waals surface area contributed by atoms with Gasteiger partial charge in [-0.3, -0.25) is 4.79 Å². The molecule has 0 saturated heterocycles. The molecule has 15 heteroatoms. The molecule has 4 aromatic rings. The molecule has 11 nitrogen and oxygen atoms in total. The van der Waals surface area contributed by atoms with Crippen LogP contribution in [-0.2, 0) is 30.6 Å². The van der Waals surface area contributed by atoms with E-state index in [-0.39, 0.29) is 53.6 Å². The predicted molar refractivity (Wildman–Crippen MR) is 202 cm³/mol. The lowest BCUT2D eigenvalue weighted by molar-refractivity contribution is -0.139. The van der Waals surface area contributed by atoms with Crippen LogP contribution in [0.15, 0.2) is 48.5 Å². The molecule has 2 aromatic carbocycles. The molecule has 0 bridgehead atoms. The van der Waals surface area contributed by atoms with Gasteiger partial charge < -0.3 is 39.6 Å². The van der Waals surface area contributed by atoms with E-state index in [0.29, 0.717) is 41.8 Å². The first-order valence-electron chi connectivity index (χ1n) is 18.0. The maximum absolute atomic E-state index is 15.9. The van der Waals surface area contributed by atoms with Gasteiger partial charge in [0.25, 0.3) is 0 Å². The van der Waals surface area contributed by atoms with Gasteiger partial charge in [0.1, 0.15) is 22.4 Å². The number of carboxylic acids is 1. The summed E-state index contributed by atoms with van der Waals surface area (Å²) < 4.78 is 55.1. The van der Waals surface area contributed by atoms with Gasteiger partial charge in [-0.1, -0.05) is 59.6 Å². The summed E-state index contributed by atoms with van der Waals surface area (Å²) in [5.41, 5.74) is 5.49. The molecule has 6 atom stereocenters. The first-order valence-corrected chi connectivity index (χ1v) is 18.7. The fourth-order valence-corrected chi connectivity index (χ4v) is 7.70. The Bertz CT molecular complexity index is 2020. The number of halogens is 4. The number of benzene rings is 2. The average Bonchev–Trinajstić information content (AvgIpc) is 3.63. The molecule has 0 fully saturated rings. The molecule has 2 aromatic heterocycles. The monoisotopic (exact) mass is 801 g/mol. The Morgan fingerprint density at radius 3 is 1.85 bits per heavy atom. The number of aliphatic hydroxyl groups excluding tert-OH is 2. The SMILES string of the molecule is COc1nc(O[C@@H]2c3cccc(-c4cccc5c4C[C@H](F)[C@@H]5Oc4nc(OC)c(CNC[C@@H](O)CC(=O)O)cc4Cl)c3C[C@@H]2F)c(Cl)cc1CCC[C@H](C)O. The van der Waals surface area contributed by atoms with E-state index in [2.05, 4.69) is 15.3 Å². The molecule has 2 aliphatic carbocycles. The molecule has 2 heterocycles. The third-order valence-corrected chi connectivity index (χ3v) is 10.3. The molecule has 0 unspecified atom stereocenters. The quantitative estimate of drug-likeness (QED) is 0.0864. The number of aliphatic hydroxyl groups is 2. The van der Waals surface area contributed by atoms with Crippen LogP contribution in [0.1, 0.15) is 71.8 Å². The van der Waals surface area contributed by atoms with Gasteiger partial charge in [0.05, 0.1) is 32.8 Å². The summed E-state index contributed by atoms with van der Waals surface area (Å²) in [6, 6.07) is 14.3. The smallest absolute Gasteiger partial charge is 0.306 e. The minimum Gasteiger partial charge on any atom is -0.481 e. The highest BCUT2D eigenvalue weighted by atomic mass is 35.5. The lowest BCUT2D eigenvalue weighted by Gasteiger charge is -2.20. The number of aliphatic carboxylic acids is 1. The number of fused-ring (bicyclic) bond motifs is 2. The van der Waals surface area contributed by atoms with Crippen LogP contribution in [0.2, 0.25) is 10.0 Å². The van der Waals surface area contributed by atoms with Gasteiger partial charge in [-0.25, -0.2) is 8.78 Å². The Morgan fingerprint density at radius 1 is 0.855 bits per heavy atom. The van der Waals surface area contributed by atoms with Crippen LogP contribution in [0, 0.1) is 0 Å². The van der Waals surface area contributed by atoms with E-state index in [1.165, 1.54) is 14.2 Å². The zero-order chi connectivity index (χ0) is 39.4. The Kier molecular flexibility index (Phi) is 13.0.